The van der Waals surface area contributed by atoms with Gasteiger partial charge in [0, 0.05) is 5.69 Å². The molecule has 0 unspecified atom stereocenters. The molecule has 4 rings (SSSR count). The summed E-state index contributed by atoms with van der Waals surface area (Å²) in [5.41, 5.74) is 4.00. The molecule has 0 radical (unpaired) electrons. The molecule has 0 aliphatic rings. The van der Waals surface area contributed by atoms with Gasteiger partial charge in [0.1, 0.15) is 11.4 Å². The second-order valence-electron chi connectivity index (χ2n) is 5.89. The van der Waals surface area contributed by atoms with Gasteiger partial charge in [0.2, 0.25) is 5.91 Å². The topological polar surface area (TPSA) is 85.6 Å². The van der Waals surface area contributed by atoms with Gasteiger partial charge in [-0.05, 0) is 31.2 Å². The summed E-state index contributed by atoms with van der Waals surface area (Å²) in [6.45, 7) is 2.03. The lowest BCUT2D eigenvalue weighted by Crippen LogP contribution is -2.14. The van der Waals surface area contributed by atoms with E-state index in [1.165, 1.54) is 23.7 Å². The van der Waals surface area contributed by atoms with Crippen LogP contribution in [0.3, 0.4) is 0 Å². The first-order chi connectivity index (χ1) is 13.2. The van der Waals surface area contributed by atoms with E-state index in [0.29, 0.717) is 16.2 Å². The number of nitrogens with zero attached hydrogens (tertiary/aromatic N) is 5. The van der Waals surface area contributed by atoms with Crippen molar-refractivity contribution in [1.29, 1.82) is 0 Å². The number of hydrogen-bond donors (Lipinski definition) is 1. The summed E-state index contributed by atoms with van der Waals surface area (Å²) in [7, 11) is 0. The van der Waals surface area contributed by atoms with E-state index in [0.717, 1.165) is 11.4 Å². The van der Waals surface area contributed by atoms with Crippen LogP contribution in [0.1, 0.15) is 5.56 Å². The van der Waals surface area contributed by atoms with E-state index in [9.17, 15) is 4.79 Å². The Labute approximate surface area is 159 Å². The van der Waals surface area contributed by atoms with Crippen LogP contribution in [0.2, 0.25) is 0 Å². The first kappa shape index (κ1) is 17.2. The summed E-state index contributed by atoms with van der Waals surface area (Å²) in [4.78, 5) is 20.7. The van der Waals surface area contributed by atoms with Crippen LogP contribution in [-0.2, 0) is 4.79 Å². The Morgan fingerprint density at radius 1 is 1.07 bits per heavy atom. The molecule has 2 aromatic carbocycles. The number of aryl methyl sites for hydroxylation is 1. The molecule has 0 atom stereocenters. The number of rotatable bonds is 5. The Hall–Kier alpha value is -3.26. The number of hydrogen-bond acceptors (Lipinski definition) is 6. The third-order valence-corrected chi connectivity index (χ3v) is 4.86. The number of benzene rings is 2. The highest BCUT2D eigenvalue weighted by atomic mass is 32.2. The number of nitrogens with one attached hydrogen (secondary N) is 1. The monoisotopic (exact) mass is 376 g/mol. The van der Waals surface area contributed by atoms with Crippen LogP contribution in [-0.4, -0.2) is 36.6 Å². The standard InChI is InChI=1S/C19H16N6OS/c1-13-7-9-15(10-8-13)25-18-17(23-24-25)19(21-12-20-18)27-11-16(26)22-14-5-3-2-4-6-14/h2-10,12H,11H2,1H3,(H,22,26). The minimum atomic E-state index is -0.108. The molecule has 1 N–H and O–H groups in total. The summed E-state index contributed by atoms with van der Waals surface area (Å²) >= 11 is 1.31. The molecule has 0 aliphatic heterocycles. The number of amides is 1. The summed E-state index contributed by atoms with van der Waals surface area (Å²) in [5.74, 6) is 0.113. The first-order valence-electron chi connectivity index (χ1n) is 8.32. The van der Waals surface area contributed by atoms with Gasteiger partial charge in [-0.15, -0.1) is 5.10 Å². The predicted molar refractivity (Wildman–Crippen MR) is 105 cm³/mol. The van der Waals surface area contributed by atoms with Crippen molar-refractivity contribution < 1.29 is 4.79 Å². The van der Waals surface area contributed by atoms with E-state index < -0.39 is 0 Å². The van der Waals surface area contributed by atoms with Crippen LogP contribution in [0, 0.1) is 6.92 Å². The number of carbonyl (C=O) groups is 1. The molecule has 8 heteroatoms. The second-order valence-corrected chi connectivity index (χ2v) is 6.85. The van der Waals surface area contributed by atoms with Gasteiger partial charge in [0.05, 0.1) is 11.4 Å². The minimum Gasteiger partial charge on any atom is -0.325 e. The van der Waals surface area contributed by atoms with Crippen LogP contribution < -0.4 is 5.32 Å². The number of thioether (sulfide) groups is 1. The van der Waals surface area contributed by atoms with E-state index in [2.05, 4.69) is 25.6 Å². The highest BCUT2D eigenvalue weighted by molar-refractivity contribution is 8.00. The predicted octanol–water partition coefficient (Wildman–Crippen LogP) is 3.25. The van der Waals surface area contributed by atoms with E-state index in [1.54, 1.807) is 4.68 Å². The van der Waals surface area contributed by atoms with Crippen LogP contribution in [0.5, 0.6) is 0 Å². The van der Waals surface area contributed by atoms with Crippen molar-refractivity contribution in [2.24, 2.45) is 0 Å². The van der Waals surface area contributed by atoms with Gasteiger partial charge >= 0.3 is 0 Å². The molecule has 0 fully saturated rings. The summed E-state index contributed by atoms with van der Waals surface area (Å²) in [6, 6.07) is 17.3. The Kier molecular flexibility index (Phi) is 4.80. The lowest BCUT2D eigenvalue weighted by molar-refractivity contribution is -0.113. The normalized spacial score (nSPS) is 10.9. The molecule has 27 heavy (non-hydrogen) atoms. The SMILES string of the molecule is Cc1ccc(-n2nnc3c(SCC(=O)Nc4ccccc4)ncnc32)cc1. The molecule has 4 aromatic rings. The summed E-state index contributed by atoms with van der Waals surface area (Å²) in [6.07, 6.45) is 1.47. The van der Waals surface area contributed by atoms with Crippen molar-refractivity contribution in [1.82, 2.24) is 25.0 Å². The number of anilines is 1. The highest BCUT2D eigenvalue weighted by Crippen LogP contribution is 2.24. The maximum absolute atomic E-state index is 12.2. The molecule has 0 spiro atoms. The average molecular weight is 376 g/mol. The van der Waals surface area contributed by atoms with Gasteiger partial charge in [0.25, 0.3) is 0 Å². The molecule has 134 valence electrons. The molecule has 0 saturated heterocycles. The zero-order valence-corrected chi connectivity index (χ0v) is 15.3. The van der Waals surface area contributed by atoms with Crippen LogP contribution in [0.15, 0.2) is 66.0 Å². The summed E-state index contributed by atoms with van der Waals surface area (Å²) in [5, 5.41) is 11.9. The molecule has 2 heterocycles. The third kappa shape index (κ3) is 3.80. The smallest absolute Gasteiger partial charge is 0.234 e. The Bertz CT molecular complexity index is 1080. The van der Waals surface area contributed by atoms with E-state index >= 15 is 0 Å². The molecule has 7 nitrogen and oxygen atoms in total. The fourth-order valence-electron chi connectivity index (χ4n) is 2.55. The van der Waals surface area contributed by atoms with Crippen LogP contribution >= 0.6 is 11.8 Å². The number of aromatic nitrogens is 5. The van der Waals surface area contributed by atoms with Crippen molar-refractivity contribution in [3.63, 3.8) is 0 Å². The van der Waals surface area contributed by atoms with Gasteiger partial charge in [-0.3, -0.25) is 4.79 Å². The highest BCUT2D eigenvalue weighted by Gasteiger charge is 2.14. The summed E-state index contributed by atoms with van der Waals surface area (Å²) < 4.78 is 1.67. The molecule has 0 saturated carbocycles. The maximum Gasteiger partial charge on any atom is 0.234 e. The molecule has 1 amide bonds. The average Bonchev–Trinajstić information content (AvgIpc) is 3.12. The van der Waals surface area contributed by atoms with Gasteiger partial charge in [-0.2, -0.15) is 4.68 Å². The van der Waals surface area contributed by atoms with E-state index in [1.807, 2.05) is 61.5 Å². The number of carbonyl (C=O) groups excluding carboxylic acids is 1. The number of para-hydroxylation sites is 1. The molecule has 0 aliphatic carbocycles. The lowest BCUT2D eigenvalue weighted by Gasteiger charge is -2.05. The fourth-order valence-corrected chi connectivity index (χ4v) is 3.28. The number of fused-ring (bicyclic) bond motifs is 1. The molecule has 2 aromatic heterocycles. The van der Waals surface area contributed by atoms with Gasteiger partial charge in [-0.1, -0.05) is 52.9 Å². The molecule has 0 bridgehead atoms. The van der Waals surface area contributed by atoms with Crippen molar-refractivity contribution in [2.45, 2.75) is 11.9 Å². The lowest BCUT2D eigenvalue weighted by atomic mass is 10.2. The van der Waals surface area contributed by atoms with Gasteiger partial charge in [0.15, 0.2) is 11.2 Å². The first-order valence-corrected chi connectivity index (χ1v) is 9.30. The second kappa shape index (κ2) is 7.55. The molecular formula is C19H16N6OS. The Balaban J connectivity index is 1.53. The van der Waals surface area contributed by atoms with Crippen molar-refractivity contribution in [3.05, 3.63) is 66.5 Å². The largest absolute Gasteiger partial charge is 0.325 e. The zero-order chi connectivity index (χ0) is 18.6. The Morgan fingerprint density at radius 3 is 2.63 bits per heavy atom. The van der Waals surface area contributed by atoms with Crippen molar-refractivity contribution in [3.8, 4) is 5.69 Å². The zero-order valence-electron chi connectivity index (χ0n) is 14.5. The van der Waals surface area contributed by atoms with Gasteiger partial charge in [-0.25, -0.2) is 9.97 Å². The van der Waals surface area contributed by atoms with Crippen LogP contribution in [0.25, 0.3) is 16.9 Å². The Morgan fingerprint density at radius 2 is 1.85 bits per heavy atom. The fraction of sp³-hybridized carbons (Fsp3) is 0.105. The van der Waals surface area contributed by atoms with Gasteiger partial charge < -0.3 is 5.32 Å². The third-order valence-electron chi connectivity index (χ3n) is 3.88. The molecular weight excluding hydrogens is 360 g/mol. The van der Waals surface area contributed by atoms with Crippen molar-refractivity contribution >= 4 is 34.5 Å². The quantitative estimate of drug-likeness (QED) is 0.425. The van der Waals surface area contributed by atoms with Crippen molar-refractivity contribution in [2.75, 3.05) is 11.1 Å². The van der Waals surface area contributed by atoms with E-state index in [-0.39, 0.29) is 11.7 Å². The van der Waals surface area contributed by atoms with E-state index in [4.69, 9.17) is 0 Å². The van der Waals surface area contributed by atoms with Crippen LogP contribution in [0.4, 0.5) is 5.69 Å². The maximum atomic E-state index is 12.2. The minimum absolute atomic E-state index is 0.108.